The van der Waals surface area contributed by atoms with Gasteiger partial charge in [-0.2, -0.15) is 0 Å². The van der Waals surface area contributed by atoms with Crippen LogP contribution in [0.4, 0.5) is 0 Å². The number of methoxy groups -OCH3 is 2. The Balaban J connectivity index is 2.34. The molecule has 5 nitrogen and oxygen atoms in total. The number of nitrogens with zero attached hydrogens (tertiary/aromatic N) is 1. The molecule has 0 aromatic heterocycles. The summed E-state index contributed by atoms with van der Waals surface area (Å²) in [4.78, 5) is 4.50. The predicted molar refractivity (Wildman–Crippen MR) is 87.2 cm³/mol. The molecule has 0 heterocycles. The highest BCUT2D eigenvalue weighted by Gasteiger charge is 1.98. The van der Waals surface area contributed by atoms with Gasteiger partial charge >= 0.3 is 0 Å². The van der Waals surface area contributed by atoms with E-state index in [0.717, 1.165) is 50.8 Å². The lowest BCUT2D eigenvalue weighted by Gasteiger charge is -2.11. The standard InChI is InChI=1S/C16H27N3O2/c1-4-17-16(18-11-5-13-20-2)19-12-10-14-6-8-15(21-3)9-7-14/h6-9H,4-5,10-13H2,1-3H3,(H2,17,18,19). The van der Waals surface area contributed by atoms with E-state index in [9.17, 15) is 0 Å². The minimum atomic E-state index is 0.745. The van der Waals surface area contributed by atoms with Crippen LogP contribution in [-0.2, 0) is 11.2 Å². The predicted octanol–water partition coefficient (Wildman–Crippen LogP) is 1.83. The molecule has 5 heteroatoms. The molecule has 2 N–H and O–H groups in total. The molecule has 1 aromatic rings. The van der Waals surface area contributed by atoms with Gasteiger partial charge in [0.1, 0.15) is 5.75 Å². The van der Waals surface area contributed by atoms with Gasteiger partial charge in [0.05, 0.1) is 7.11 Å². The quantitative estimate of drug-likeness (QED) is 0.414. The fourth-order valence-electron chi connectivity index (χ4n) is 1.86. The maximum atomic E-state index is 5.15. The molecule has 1 rings (SSSR count). The molecule has 0 aliphatic heterocycles. The van der Waals surface area contributed by atoms with E-state index in [2.05, 4.69) is 34.7 Å². The van der Waals surface area contributed by atoms with Gasteiger partial charge in [-0.05, 0) is 37.5 Å². The second kappa shape index (κ2) is 11.0. The number of hydrogen-bond donors (Lipinski definition) is 2. The molecule has 0 saturated carbocycles. The van der Waals surface area contributed by atoms with E-state index < -0.39 is 0 Å². The second-order valence-corrected chi connectivity index (χ2v) is 4.63. The van der Waals surface area contributed by atoms with E-state index in [1.54, 1.807) is 14.2 Å². The number of aliphatic imine (C=N–C) groups is 1. The van der Waals surface area contributed by atoms with Crippen molar-refractivity contribution in [3.63, 3.8) is 0 Å². The van der Waals surface area contributed by atoms with Crippen LogP contribution in [0.5, 0.6) is 5.75 Å². The summed E-state index contributed by atoms with van der Waals surface area (Å²) in [6.07, 6.45) is 1.89. The molecule has 0 radical (unpaired) electrons. The smallest absolute Gasteiger partial charge is 0.191 e. The molecule has 0 aliphatic rings. The molecule has 21 heavy (non-hydrogen) atoms. The summed E-state index contributed by atoms with van der Waals surface area (Å²) in [7, 11) is 3.39. The minimum Gasteiger partial charge on any atom is -0.497 e. The van der Waals surface area contributed by atoms with Gasteiger partial charge in [0.15, 0.2) is 5.96 Å². The Kier molecular flexibility index (Phi) is 9.04. The van der Waals surface area contributed by atoms with E-state index in [4.69, 9.17) is 9.47 Å². The van der Waals surface area contributed by atoms with E-state index in [0.29, 0.717) is 0 Å². The fourth-order valence-corrected chi connectivity index (χ4v) is 1.86. The number of hydrogen-bond acceptors (Lipinski definition) is 3. The van der Waals surface area contributed by atoms with Crippen molar-refractivity contribution in [3.05, 3.63) is 29.8 Å². The average molecular weight is 293 g/mol. The first kappa shape index (κ1) is 17.3. The van der Waals surface area contributed by atoms with Crippen LogP contribution in [0.3, 0.4) is 0 Å². The molecule has 1 aromatic carbocycles. The topological polar surface area (TPSA) is 54.9 Å². The lowest BCUT2D eigenvalue weighted by Crippen LogP contribution is -2.38. The van der Waals surface area contributed by atoms with Crippen LogP contribution in [0.2, 0.25) is 0 Å². The van der Waals surface area contributed by atoms with Gasteiger partial charge in [0, 0.05) is 33.4 Å². The summed E-state index contributed by atoms with van der Waals surface area (Å²) in [6, 6.07) is 8.14. The van der Waals surface area contributed by atoms with E-state index in [1.165, 1.54) is 5.56 Å². The van der Waals surface area contributed by atoms with Gasteiger partial charge in [-0.1, -0.05) is 12.1 Å². The Hall–Kier alpha value is -1.75. The van der Waals surface area contributed by atoms with Crippen molar-refractivity contribution in [2.24, 2.45) is 4.99 Å². The molecule has 0 saturated heterocycles. The highest BCUT2D eigenvalue weighted by atomic mass is 16.5. The Morgan fingerprint density at radius 3 is 2.52 bits per heavy atom. The summed E-state index contributed by atoms with van der Waals surface area (Å²) < 4.78 is 10.2. The third-order valence-electron chi connectivity index (χ3n) is 2.99. The van der Waals surface area contributed by atoms with Crippen molar-refractivity contribution in [2.45, 2.75) is 19.8 Å². The molecule has 118 valence electrons. The van der Waals surface area contributed by atoms with Crippen LogP contribution in [0.25, 0.3) is 0 Å². The third-order valence-corrected chi connectivity index (χ3v) is 2.99. The number of nitrogens with one attached hydrogen (secondary N) is 2. The van der Waals surface area contributed by atoms with Crippen LogP contribution in [0.15, 0.2) is 29.3 Å². The largest absolute Gasteiger partial charge is 0.497 e. The molecule has 0 aliphatic carbocycles. The van der Waals surface area contributed by atoms with Gasteiger partial charge in [-0.15, -0.1) is 0 Å². The van der Waals surface area contributed by atoms with Crippen LogP contribution in [0.1, 0.15) is 18.9 Å². The summed E-state index contributed by atoms with van der Waals surface area (Å²) >= 11 is 0. The Labute approximate surface area is 127 Å². The van der Waals surface area contributed by atoms with E-state index >= 15 is 0 Å². The number of rotatable bonds is 9. The Morgan fingerprint density at radius 2 is 1.90 bits per heavy atom. The summed E-state index contributed by atoms with van der Waals surface area (Å²) in [5.74, 6) is 1.75. The van der Waals surface area contributed by atoms with Crippen molar-refractivity contribution in [3.8, 4) is 5.75 Å². The van der Waals surface area contributed by atoms with Gasteiger partial charge < -0.3 is 20.1 Å². The first-order valence-corrected chi connectivity index (χ1v) is 7.44. The lowest BCUT2D eigenvalue weighted by atomic mass is 10.1. The fraction of sp³-hybridized carbons (Fsp3) is 0.562. The third kappa shape index (κ3) is 7.56. The zero-order valence-electron chi connectivity index (χ0n) is 13.3. The first-order valence-electron chi connectivity index (χ1n) is 7.44. The second-order valence-electron chi connectivity index (χ2n) is 4.63. The van der Waals surface area contributed by atoms with Crippen LogP contribution >= 0.6 is 0 Å². The molecule has 0 unspecified atom stereocenters. The number of benzene rings is 1. The monoisotopic (exact) mass is 293 g/mol. The van der Waals surface area contributed by atoms with Crippen molar-refractivity contribution < 1.29 is 9.47 Å². The van der Waals surface area contributed by atoms with Crippen LogP contribution < -0.4 is 15.4 Å². The minimum absolute atomic E-state index is 0.745. The van der Waals surface area contributed by atoms with E-state index in [-0.39, 0.29) is 0 Å². The van der Waals surface area contributed by atoms with Gasteiger partial charge in [0.25, 0.3) is 0 Å². The van der Waals surface area contributed by atoms with Crippen LogP contribution in [0, 0.1) is 0 Å². The Bertz CT molecular complexity index is 404. The molecule has 0 bridgehead atoms. The van der Waals surface area contributed by atoms with Gasteiger partial charge in [0.2, 0.25) is 0 Å². The van der Waals surface area contributed by atoms with Crippen molar-refractivity contribution in [2.75, 3.05) is 40.5 Å². The maximum Gasteiger partial charge on any atom is 0.191 e. The Morgan fingerprint density at radius 1 is 1.14 bits per heavy atom. The first-order chi connectivity index (χ1) is 10.3. The normalized spacial score (nSPS) is 11.3. The van der Waals surface area contributed by atoms with Crippen molar-refractivity contribution in [1.82, 2.24) is 10.6 Å². The number of ether oxygens (including phenoxy) is 2. The molecule has 0 amide bonds. The summed E-state index contributed by atoms with van der Waals surface area (Å²) in [5, 5.41) is 6.58. The van der Waals surface area contributed by atoms with Crippen molar-refractivity contribution in [1.29, 1.82) is 0 Å². The molecule has 0 spiro atoms. The van der Waals surface area contributed by atoms with Gasteiger partial charge in [-0.25, -0.2) is 0 Å². The highest BCUT2D eigenvalue weighted by molar-refractivity contribution is 5.79. The zero-order valence-corrected chi connectivity index (χ0v) is 13.3. The summed E-state index contributed by atoms with van der Waals surface area (Å²) in [5.41, 5.74) is 1.28. The van der Waals surface area contributed by atoms with E-state index in [1.807, 2.05) is 12.1 Å². The average Bonchev–Trinajstić information content (AvgIpc) is 2.52. The molecular formula is C16H27N3O2. The van der Waals surface area contributed by atoms with Crippen LogP contribution in [-0.4, -0.2) is 46.4 Å². The van der Waals surface area contributed by atoms with Crippen molar-refractivity contribution >= 4 is 5.96 Å². The number of guanidine groups is 1. The highest BCUT2D eigenvalue weighted by Crippen LogP contribution is 2.11. The maximum absolute atomic E-state index is 5.15. The summed E-state index contributed by atoms with van der Waals surface area (Å²) in [6.45, 7) is 5.29. The molecule has 0 atom stereocenters. The zero-order chi connectivity index (χ0) is 15.3. The lowest BCUT2D eigenvalue weighted by molar-refractivity contribution is 0.197. The SMILES string of the molecule is CCNC(=NCCCOC)NCCc1ccc(OC)cc1. The molecule has 0 fully saturated rings. The molecular weight excluding hydrogens is 266 g/mol. The van der Waals surface area contributed by atoms with Gasteiger partial charge in [-0.3, -0.25) is 4.99 Å².